The van der Waals surface area contributed by atoms with Crippen LogP contribution in [-0.2, 0) is 10.2 Å². The van der Waals surface area contributed by atoms with Crippen LogP contribution in [0.3, 0.4) is 0 Å². The van der Waals surface area contributed by atoms with Crippen LogP contribution in [0, 0.1) is 0 Å². The van der Waals surface area contributed by atoms with Gasteiger partial charge in [0.05, 0.1) is 6.26 Å². The molecule has 0 spiro atoms. The summed E-state index contributed by atoms with van der Waals surface area (Å²) in [6, 6.07) is 10.2. The predicted molar refractivity (Wildman–Crippen MR) is 63.7 cm³/mol. The summed E-state index contributed by atoms with van der Waals surface area (Å²) < 4.78 is 5.23. The van der Waals surface area contributed by atoms with E-state index in [4.69, 9.17) is 10.2 Å². The van der Waals surface area contributed by atoms with E-state index in [2.05, 4.69) is 0 Å². The minimum atomic E-state index is -1.27. The molecule has 1 aromatic carbocycles. The lowest BCUT2D eigenvalue weighted by molar-refractivity contribution is -0.142. The minimum Gasteiger partial charge on any atom is -0.480 e. The number of anilines is 1. The standard InChI is InChI=1S/C13H13NO3/c1-13(12(15)16,11-7-4-8-17-11)9-5-2-3-6-10(9)14/h2-8H,14H2,1H3,(H,15,16). The number of hydrogen-bond donors (Lipinski definition) is 2. The van der Waals surface area contributed by atoms with Gasteiger partial charge in [0, 0.05) is 5.69 Å². The monoisotopic (exact) mass is 231 g/mol. The van der Waals surface area contributed by atoms with Crippen molar-refractivity contribution >= 4 is 11.7 Å². The number of rotatable bonds is 3. The van der Waals surface area contributed by atoms with Crippen molar-refractivity contribution in [2.45, 2.75) is 12.3 Å². The van der Waals surface area contributed by atoms with Gasteiger partial charge in [-0.3, -0.25) is 4.79 Å². The molecule has 1 aromatic heterocycles. The lowest BCUT2D eigenvalue weighted by atomic mass is 9.79. The van der Waals surface area contributed by atoms with Crippen molar-refractivity contribution in [2.75, 3.05) is 5.73 Å². The van der Waals surface area contributed by atoms with Gasteiger partial charge >= 0.3 is 5.97 Å². The van der Waals surface area contributed by atoms with Crippen LogP contribution < -0.4 is 5.73 Å². The largest absolute Gasteiger partial charge is 0.480 e. The maximum atomic E-state index is 11.6. The molecule has 2 aromatic rings. The first-order valence-electron chi connectivity index (χ1n) is 5.19. The second-order valence-corrected chi connectivity index (χ2v) is 3.99. The fraction of sp³-hybridized carbons (Fsp3) is 0.154. The number of carboxylic acid groups (broad SMARTS) is 1. The third-order valence-corrected chi connectivity index (χ3v) is 2.94. The molecule has 0 radical (unpaired) electrons. The average Bonchev–Trinajstić information content (AvgIpc) is 2.82. The highest BCUT2D eigenvalue weighted by Crippen LogP contribution is 2.35. The van der Waals surface area contributed by atoms with Gasteiger partial charge in [0.25, 0.3) is 0 Å². The fourth-order valence-corrected chi connectivity index (χ4v) is 1.87. The van der Waals surface area contributed by atoms with Crippen LogP contribution >= 0.6 is 0 Å². The van der Waals surface area contributed by atoms with Gasteiger partial charge in [-0.15, -0.1) is 0 Å². The highest BCUT2D eigenvalue weighted by atomic mass is 16.4. The summed E-state index contributed by atoms with van der Waals surface area (Å²) in [6.45, 7) is 1.58. The summed E-state index contributed by atoms with van der Waals surface area (Å²) in [5.41, 5.74) is 5.55. The van der Waals surface area contributed by atoms with Gasteiger partial charge in [-0.1, -0.05) is 18.2 Å². The van der Waals surface area contributed by atoms with E-state index in [9.17, 15) is 9.90 Å². The molecule has 88 valence electrons. The lowest BCUT2D eigenvalue weighted by Gasteiger charge is -2.24. The Labute approximate surface area is 98.7 Å². The van der Waals surface area contributed by atoms with Gasteiger partial charge in [0.15, 0.2) is 0 Å². The summed E-state index contributed by atoms with van der Waals surface area (Å²) in [6.07, 6.45) is 1.45. The van der Waals surface area contributed by atoms with E-state index < -0.39 is 11.4 Å². The van der Waals surface area contributed by atoms with Crippen LogP contribution in [0.1, 0.15) is 18.2 Å². The molecular weight excluding hydrogens is 218 g/mol. The number of hydrogen-bond acceptors (Lipinski definition) is 3. The smallest absolute Gasteiger partial charge is 0.321 e. The number of carbonyl (C=O) groups is 1. The highest BCUT2D eigenvalue weighted by molar-refractivity contribution is 5.86. The van der Waals surface area contributed by atoms with Crippen molar-refractivity contribution in [3.05, 3.63) is 54.0 Å². The molecule has 0 aliphatic heterocycles. The number of nitrogens with two attached hydrogens (primary N) is 1. The molecule has 1 heterocycles. The van der Waals surface area contributed by atoms with Crippen LogP contribution in [0.5, 0.6) is 0 Å². The zero-order valence-corrected chi connectivity index (χ0v) is 9.38. The minimum absolute atomic E-state index is 0.364. The van der Waals surface area contributed by atoms with Crippen LogP contribution in [0.4, 0.5) is 5.69 Å². The molecule has 2 rings (SSSR count). The van der Waals surface area contributed by atoms with Crippen molar-refractivity contribution in [2.24, 2.45) is 0 Å². The van der Waals surface area contributed by atoms with E-state index in [1.807, 2.05) is 0 Å². The molecule has 0 fully saturated rings. The first-order chi connectivity index (χ1) is 8.06. The van der Waals surface area contributed by atoms with Gasteiger partial charge in [-0.2, -0.15) is 0 Å². The van der Waals surface area contributed by atoms with E-state index >= 15 is 0 Å². The number of nitrogen functional groups attached to an aromatic ring is 1. The van der Waals surface area contributed by atoms with Crippen LogP contribution in [-0.4, -0.2) is 11.1 Å². The van der Waals surface area contributed by atoms with Gasteiger partial charge < -0.3 is 15.3 Å². The fourth-order valence-electron chi connectivity index (χ4n) is 1.87. The number of benzene rings is 1. The highest BCUT2D eigenvalue weighted by Gasteiger charge is 2.41. The molecule has 0 amide bonds. The first kappa shape index (κ1) is 11.3. The Morgan fingerprint density at radius 1 is 1.29 bits per heavy atom. The Morgan fingerprint density at radius 3 is 2.53 bits per heavy atom. The summed E-state index contributed by atoms with van der Waals surface area (Å²) in [7, 11) is 0. The molecule has 17 heavy (non-hydrogen) atoms. The van der Waals surface area contributed by atoms with Gasteiger partial charge in [0.1, 0.15) is 11.2 Å². The molecule has 0 saturated carbocycles. The van der Waals surface area contributed by atoms with Crippen LogP contribution in [0.25, 0.3) is 0 Å². The summed E-state index contributed by atoms with van der Waals surface area (Å²) in [4.78, 5) is 11.6. The summed E-state index contributed by atoms with van der Waals surface area (Å²) >= 11 is 0. The molecule has 1 unspecified atom stereocenters. The number of furan rings is 1. The molecule has 0 bridgehead atoms. The number of para-hydroxylation sites is 1. The molecule has 0 aliphatic rings. The third kappa shape index (κ3) is 1.67. The van der Waals surface area contributed by atoms with E-state index in [1.165, 1.54) is 6.26 Å². The van der Waals surface area contributed by atoms with Crippen molar-refractivity contribution in [3.63, 3.8) is 0 Å². The predicted octanol–water partition coefficient (Wildman–Crippen LogP) is 2.25. The maximum absolute atomic E-state index is 11.6. The van der Waals surface area contributed by atoms with Crippen LogP contribution in [0.2, 0.25) is 0 Å². The summed E-state index contributed by atoms with van der Waals surface area (Å²) in [5.74, 6) is -0.631. The van der Waals surface area contributed by atoms with E-state index in [-0.39, 0.29) is 0 Å². The molecule has 0 saturated heterocycles. The van der Waals surface area contributed by atoms with Gasteiger partial charge in [-0.05, 0) is 30.7 Å². The Balaban J connectivity index is 2.65. The van der Waals surface area contributed by atoms with Crippen LogP contribution in [0.15, 0.2) is 47.1 Å². The third-order valence-electron chi connectivity index (χ3n) is 2.94. The Morgan fingerprint density at radius 2 is 2.00 bits per heavy atom. The quantitative estimate of drug-likeness (QED) is 0.794. The maximum Gasteiger partial charge on any atom is 0.321 e. The second kappa shape index (κ2) is 3.97. The summed E-state index contributed by atoms with van der Waals surface area (Å²) in [5, 5.41) is 9.47. The Bertz CT molecular complexity index is 533. The number of aliphatic carboxylic acids is 1. The zero-order chi connectivity index (χ0) is 12.5. The Kier molecular flexibility index (Phi) is 2.63. The average molecular weight is 231 g/mol. The second-order valence-electron chi connectivity index (χ2n) is 3.99. The lowest BCUT2D eigenvalue weighted by Crippen LogP contribution is -2.34. The van der Waals surface area contributed by atoms with Crippen molar-refractivity contribution in [1.29, 1.82) is 0 Å². The van der Waals surface area contributed by atoms with E-state index in [0.29, 0.717) is 17.0 Å². The van der Waals surface area contributed by atoms with Gasteiger partial charge in [-0.25, -0.2) is 0 Å². The SMILES string of the molecule is CC(C(=O)O)(c1ccco1)c1ccccc1N. The molecule has 4 heteroatoms. The number of carboxylic acids is 1. The Hall–Kier alpha value is -2.23. The molecule has 0 aliphatic carbocycles. The van der Waals surface area contributed by atoms with Crippen molar-refractivity contribution in [3.8, 4) is 0 Å². The first-order valence-corrected chi connectivity index (χ1v) is 5.19. The van der Waals surface area contributed by atoms with E-state index in [1.54, 1.807) is 43.3 Å². The topological polar surface area (TPSA) is 76.5 Å². The van der Waals surface area contributed by atoms with Crippen molar-refractivity contribution < 1.29 is 14.3 Å². The molecule has 4 nitrogen and oxygen atoms in total. The van der Waals surface area contributed by atoms with Crippen molar-refractivity contribution in [1.82, 2.24) is 0 Å². The van der Waals surface area contributed by atoms with Gasteiger partial charge in [0.2, 0.25) is 0 Å². The molecular formula is C13H13NO3. The zero-order valence-electron chi connectivity index (χ0n) is 9.38. The molecule has 3 N–H and O–H groups in total. The normalized spacial score (nSPS) is 14.2. The van der Waals surface area contributed by atoms with E-state index in [0.717, 1.165) is 0 Å². The molecule has 1 atom stereocenters.